The fourth-order valence-electron chi connectivity index (χ4n) is 2.48. The Morgan fingerprint density at radius 3 is 2.88 bits per heavy atom. The molecule has 0 aliphatic carbocycles. The Kier molecular flexibility index (Phi) is 4.44. The molecule has 0 atom stereocenters. The van der Waals surface area contributed by atoms with Crippen molar-refractivity contribution in [2.75, 3.05) is 18.5 Å². The van der Waals surface area contributed by atoms with Crippen LogP contribution in [-0.2, 0) is 11.3 Å². The molecule has 0 unspecified atom stereocenters. The number of hydrogen-bond acceptors (Lipinski definition) is 7. The number of benzene rings is 1. The zero-order chi connectivity index (χ0) is 17.9. The first-order valence-corrected chi connectivity index (χ1v) is 8.88. The van der Waals surface area contributed by atoms with Crippen molar-refractivity contribution in [1.82, 2.24) is 9.78 Å². The van der Waals surface area contributed by atoms with E-state index in [1.165, 1.54) is 11.3 Å². The molecule has 3 heterocycles. The highest BCUT2D eigenvalue weighted by Crippen LogP contribution is 2.32. The van der Waals surface area contributed by atoms with Gasteiger partial charge in [-0.25, -0.2) is 4.79 Å². The molecule has 1 aliphatic heterocycles. The third kappa shape index (κ3) is 3.47. The molecule has 1 N–H and O–H groups in total. The molecule has 1 amide bonds. The van der Waals surface area contributed by atoms with Crippen molar-refractivity contribution in [2.24, 2.45) is 0 Å². The van der Waals surface area contributed by atoms with Crippen LogP contribution in [-0.4, -0.2) is 28.9 Å². The number of fused-ring (bicyclic) bond motifs is 1. The number of carbonyl (C=O) groups excluding carboxylic acids is 1. The van der Waals surface area contributed by atoms with Gasteiger partial charge < -0.3 is 19.2 Å². The van der Waals surface area contributed by atoms with Crippen molar-refractivity contribution in [3.63, 3.8) is 0 Å². The summed E-state index contributed by atoms with van der Waals surface area (Å²) in [4.78, 5) is 24.8. The second kappa shape index (κ2) is 7.04. The maximum Gasteiger partial charge on any atom is 0.437 e. The Morgan fingerprint density at radius 2 is 2.08 bits per heavy atom. The lowest BCUT2D eigenvalue weighted by Gasteiger charge is -2.10. The first kappa shape index (κ1) is 16.4. The molecule has 0 spiro atoms. The summed E-state index contributed by atoms with van der Waals surface area (Å²) in [6.07, 6.45) is 0.804. The molecule has 2 aromatic heterocycles. The second-order valence-corrected chi connectivity index (χ2v) is 6.52. The number of hydrogen-bond donors (Lipinski definition) is 1. The van der Waals surface area contributed by atoms with E-state index in [0.717, 1.165) is 16.0 Å². The van der Waals surface area contributed by atoms with Gasteiger partial charge in [0.05, 0.1) is 18.1 Å². The molecule has 0 saturated carbocycles. The number of aromatic nitrogens is 2. The summed E-state index contributed by atoms with van der Waals surface area (Å²) in [5.74, 6) is 0.357. The van der Waals surface area contributed by atoms with Gasteiger partial charge in [0.2, 0.25) is 5.91 Å². The maximum atomic E-state index is 12.2. The second-order valence-electron chi connectivity index (χ2n) is 5.57. The average Bonchev–Trinajstić information content (AvgIpc) is 3.20. The topological polar surface area (TPSA) is 95.6 Å². The number of carbonyl (C=O) groups is 1. The van der Waals surface area contributed by atoms with E-state index in [1.54, 1.807) is 24.3 Å². The minimum atomic E-state index is -0.679. The van der Waals surface area contributed by atoms with E-state index in [-0.39, 0.29) is 12.4 Å². The number of nitrogens with one attached hydrogen (secondary N) is 1. The predicted molar refractivity (Wildman–Crippen MR) is 94.8 cm³/mol. The molecule has 1 aliphatic rings. The van der Waals surface area contributed by atoms with Gasteiger partial charge in [0, 0.05) is 18.2 Å². The molecule has 26 heavy (non-hydrogen) atoms. The minimum Gasteiger partial charge on any atom is -0.490 e. The van der Waals surface area contributed by atoms with Gasteiger partial charge >= 0.3 is 5.76 Å². The zero-order valence-corrected chi connectivity index (χ0v) is 14.5. The minimum absolute atomic E-state index is 0.202. The Morgan fingerprint density at radius 1 is 1.23 bits per heavy atom. The molecule has 134 valence electrons. The van der Waals surface area contributed by atoms with E-state index in [9.17, 15) is 9.59 Å². The van der Waals surface area contributed by atoms with Gasteiger partial charge in [-0.15, -0.1) is 16.4 Å². The summed E-state index contributed by atoms with van der Waals surface area (Å²) >= 11 is 1.40. The normalized spacial score (nSPS) is 13.2. The van der Waals surface area contributed by atoms with Crippen LogP contribution < -0.4 is 20.5 Å². The van der Waals surface area contributed by atoms with Crippen LogP contribution in [0.5, 0.6) is 11.5 Å². The SMILES string of the molecule is O=C(Cn1nc(-c2cccs2)oc1=O)Nc1ccc2c(c1)OCCCO2. The Labute approximate surface area is 152 Å². The van der Waals surface area contributed by atoms with Crippen molar-refractivity contribution in [2.45, 2.75) is 13.0 Å². The number of ether oxygens (including phenoxy) is 2. The number of amides is 1. The smallest absolute Gasteiger partial charge is 0.437 e. The molecule has 4 rings (SSSR count). The van der Waals surface area contributed by atoms with Gasteiger partial charge in [0.15, 0.2) is 11.5 Å². The average molecular weight is 373 g/mol. The molecule has 0 fully saturated rings. The summed E-state index contributed by atoms with van der Waals surface area (Å²) in [6.45, 7) is 0.909. The monoisotopic (exact) mass is 373 g/mol. The maximum absolute atomic E-state index is 12.2. The molecule has 8 nitrogen and oxygen atoms in total. The van der Waals surface area contributed by atoms with Crippen molar-refractivity contribution in [3.8, 4) is 22.3 Å². The van der Waals surface area contributed by atoms with Crippen LogP contribution in [0, 0.1) is 0 Å². The molecule has 9 heteroatoms. The van der Waals surface area contributed by atoms with Gasteiger partial charge in [0.25, 0.3) is 5.89 Å². The highest BCUT2D eigenvalue weighted by molar-refractivity contribution is 7.13. The molecular weight excluding hydrogens is 358 g/mol. The van der Waals surface area contributed by atoms with E-state index in [1.807, 2.05) is 11.4 Å². The Balaban J connectivity index is 1.46. The zero-order valence-electron chi connectivity index (χ0n) is 13.6. The predicted octanol–water partition coefficient (Wildman–Crippen LogP) is 2.36. The lowest BCUT2D eigenvalue weighted by Crippen LogP contribution is -2.25. The third-order valence-electron chi connectivity index (χ3n) is 3.66. The van der Waals surface area contributed by atoms with Crippen LogP contribution >= 0.6 is 11.3 Å². The Hall–Kier alpha value is -3.07. The highest BCUT2D eigenvalue weighted by atomic mass is 32.1. The van der Waals surface area contributed by atoms with Gasteiger partial charge in [-0.05, 0) is 23.6 Å². The first-order chi connectivity index (χ1) is 12.7. The molecule has 3 aromatic rings. The lowest BCUT2D eigenvalue weighted by atomic mass is 10.2. The summed E-state index contributed by atoms with van der Waals surface area (Å²) in [6, 6.07) is 8.77. The molecule has 0 saturated heterocycles. The van der Waals surface area contributed by atoms with E-state index >= 15 is 0 Å². The quantitative estimate of drug-likeness (QED) is 0.754. The van der Waals surface area contributed by atoms with E-state index in [2.05, 4.69) is 10.4 Å². The number of anilines is 1. The van der Waals surface area contributed by atoms with Gasteiger partial charge in [-0.3, -0.25) is 4.79 Å². The number of thiophene rings is 1. The molecule has 0 bridgehead atoms. The van der Waals surface area contributed by atoms with Crippen LogP contribution in [0.1, 0.15) is 6.42 Å². The molecule has 1 aromatic carbocycles. The van der Waals surface area contributed by atoms with E-state index in [0.29, 0.717) is 30.4 Å². The van der Waals surface area contributed by atoms with Crippen molar-refractivity contribution >= 4 is 22.9 Å². The lowest BCUT2D eigenvalue weighted by molar-refractivity contribution is -0.117. The van der Waals surface area contributed by atoms with Crippen LogP contribution in [0.3, 0.4) is 0 Å². The summed E-state index contributed by atoms with van der Waals surface area (Å²) < 4.78 is 17.2. The summed E-state index contributed by atoms with van der Waals surface area (Å²) in [7, 11) is 0. The van der Waals surface area contributed by atoms with Crippen LogP contribution in [0.15, 0.2) is 44.9 Å². The van der Waals surface area contributed by atoms with Gasteiger partial charge in [-0.1, -0.05) is 6.07 Å². The van der Waals surface area contributed by atoms with Crippen molar-refractivity contribution < 1.29 is 18.7 Å². The van der Waals surface area contributed by atoms with Crippen molar-refractivity contribution in [1.29, 1.82) is 0 Å². The van der Waals surface area contributed by atoms with Gasteiger partial charge in [-0.2, -0.15) is 4.68 Å². The van der Waals surface area contributed by atoms with Crippen molar-refractivity contribution in [3.05, 3.63) is 46.3 Å². The summed E-state index contributed by atoms with van der Waals surface area (Å²) in [5, 5.41) is 8.63. The van der Waals surface area contributed by atoms with E-state index < -0.39 is 11.7 Å². The van der Waals surface area contributed by atoms with Crippen LogP contribution in [0.4, 0.5) is 5.69 Å². The largest absolute Gasteiger partial charge is 0.490 e. The summed E-state index contributed by atoms with van der Waals surface area (Å²) in [5.41, 5.74) is 0.550. The molecule has 0 radical (unpaired) electrons. The highest BCUT2D eigenvalue weighted by Gasteiger charge is 2.15. The van der Waals surface area contributed by atoms with Gasteiger partial charge in [0.1, 0.15) is 6.54 Å². The fraction of sp³-hybridized carbons (Fsp3) is 0.235. The first-order valence-electron chi connectivity index (χ1n) is 8.00. The third-order valence-corrected chi connectivity index (χ3v) is 4.52. The number of nitrogens with zero attached hydrogens (tertiary/aromatic N) is 2. The fourth-order valence-corrected chi connectivity index (χ4v) is 3.13. The molecular formula is C17H15N3O5S. The number of rotatable bonds is 4. The standard InChI is InChI=1S/C17H15N3O5S/c21-15(10-20-17(22)25-16(19-20)14-3-1-8-26-14)18-11-4-5-12-13(9-11)24-7-2-6-23-12/h1,3-5,8-9H,2,6-7,10H2,(H,18,21). The van der Waals surface area contributed by atoms with Crippen LogP contribution in [0.2, 0.25) is 0 Å². The van der Waals surface area contributed by atoms with Crippen LogP contribution in [0.25, 0.3) is 10.8 Å². The van der Waals surface area contributed by atoms with E-state index in [4.69, 9.17) is 13.9 Å². The Bertz CT molecular complexity index is 977.